The zero-order valence-corrected chi connectivity index (χ0v) is 16.5. The summed E-state index contributed by atoms with van der Waals surface area (Å²) in [4.78, 5) is 12.3. The SMILES string of the molecule is CN(c1ccccc1)S(=O)(=O)c1cccc(NC(=O)c2ccc(C(F)(F)F)cc2)c1. The summed E-state index contributed by atoms with van der Waals surface area (Å²) < 4.78 is 64.8. The molecule has 156 valence electrons. The lowest BCUT2D eigenvalue weighted by atomic mass is 10.1. The van der Waals surface area contributed by atoms with E-state index in [9.17, 15) is 26.4 Å². The molecule has 3 aromatic rings. The molecule has 0 fully saturated rings. The van der Waals surface area contributed by atoms with Crippen LogP contribution in [-0.4, -0.2) is 21.4 Å². The third kappa shape index (κ3) is 4.62. The third-order valence-electron chi connectivity index (χ3n) is 4.34. The summed E-state index contributed by atoms with van der Waals surface area (Å²) in [6.45, 7) is 0. The van der Waals surface area contributed by atoms with Crippen molar-refractivity contribution in [2.24, 2.45) is 0 Å². The standard InChI is InChI=1S/C21H17F3N2O3S/c1-26(18-7-3-2-4-8-18)30(28,29)19-9-5-6-17(14-19)25-20(27)15-10-12-16(13-11-15)21(22,23)24/h2-14H,1H3,(H,25,27). The van der Waals surface area contributed by atoms with E-state index in [4.69, 9.17) is 0 Å². The van der Waals surface area contributed by atoms with Crippen LogP contribution in [0.15, 0.2) is 83.8 Å². The van der Waals surface area contributed by atoms with Crippen molar-refractivity contribution >= 4 is 27.3 Å². The van der Waals surface area contributed by atoms with E-state index in [1.165, 1.54) is 31.3 Å². The van der Waals surface area contributed by atoms with E-state index < -0.39 is 27.7 Å². The normalized spacial score (nSPS) is 11.7. The number of sulfonamides is 1. The fourth-order valence-corrected chi connectivity index (χ4v) is 3.92. The van der Waals surface area contributed by atoms with Crippen molar-refractivity contribution in [3.8, 4) is 0 Å². The minimum Gasteiger partial charge on any atom is -0.322 e. The number of halogens is 3. The van der Waals surface area contributed by atoms with Gasteiger partial charge in [0, 0.05) is 18.3 Å². The Morgan fingerprint density at radius 2 is 1.53 bits per heavy atom. The van der Waals surface area contributed by atoms with Crippen molar-refractivity contribution in [1.29, 1.82) is 0 Å². The molecule has 0 aliphatic rings. The minimum absolute atomic E-state index is 0.0117. The predicted octanol–water partition coefficient (Wildman–Crippen LogP) is 4.78. The molecule has 1 amide bonds. The van der Waals surface area contributed by atoms with Crippen molar-refractivity contribution in [1.82, 2.24) is 0 Å². The summed E-state index contributed by atoms with van der Waals surface area (Å²) in [5.74, 6) is -0.658. The third-order valence-corrected chi connectivity index (χ3v) is 6.13. The molecule has 0 aromatic heterocycles. The average Bonchev–Trinajstić information content (AvgIpc) is 2.73. The first kappa shape index (κ1) is 21.4. The molecule has 0 saturated heterocycles. The Morgan fingerprint density at radius 1 is 0.900 bits per heavy atom. The van der Waals surface area contributed by atoms with Gasteiger partial charge < -0.3 is 5.32 Å². The molecule has 0 bridgehead atoms. The molecule has 3 aromatic carbocycles. The van der Waals surface area contributed by atoms with Gasteiger partial charge in [-0.05, 0) is 54.6 Å². The molecule has 30 heavy (non-hydrogen) atoms. The van der Waals surface area contributed by atoms with E-state index >= 15 is 0 Å². The molecule has 0 atom stereocenters. The first-order valence-corrected chi connectivity index (χ1v) is 10.2. The lowest BCUT2D eigenvalue weighted by Gasteiger charge is -2.20. The molecule has 0 spiro atoms. The Balaban J connectivity index is 1.81. The molecule has 0 aliphatic carbocycles. The van der Waals surface area contributed by atoms with Crippen molar-refractivity contribution in [3.05, 3.63) is 90.0 Å². The average molecular weight is 434 g/mol. The number of hydrogen-bond acceptors (Lipinski definition) is 3. The quantitative estimate of drug-likeness (QED) is 0.628. The Kier molecular flexibility index (Phi) is 5.84. The van der Waals surface area contributed by atoms with Crippen LogP contribution in [0.25, 0.3) is 0 Å². The molecule has 9 heteroatoms. The van der Waals surface area contributed by atoms with E-state index in [0.717, 1.165) is 28.6 Å². The van der Waals surface area contributed by atoms with Gasteiger partial charge in [-0.2, -0.15) is 13.2 Å². The Bertz CT molecular complexity index is 1150. The van der Waals surface area contributed by atoms with Crippen LogP contribution in [0.4, 0.5) is 24.5 Å². The molecular formula is C21H17F3N2O3S. The highest BCUT2D eigenvalue weighted by Crippen LogP contribution is 2.29. The van der Waals surface area contributed by atoms with Crippen molar-refractivity contribution < 1.29 is 26.4 Å². The largest absolute Gasteiger partial charge is 0.416 e. The monoisotopic (exact) mass is 434 g/mol. The molecule has 0 aliphatic heterocycles. The summed E-state index contributed by atoms with van der Waals surface area (Å²) in [6, 6.07) is 17.9. The minimum atomic E-state index is -4.50. The molecule has 0 unspecified atom stereocenters. The van der Waals surface area contributed by atoms with Gasteiger partial charge >= 0.3 is 6.18 Å². The molecule has 1 N–H and O–H groups in total. The zero-order chi connectivity index (χ0) is 21.9. The van der Waals surface area contributed by atoms with Gasteiger partial charge in [-0.25, -0.2) is 8.42 Å². The number of para-hydroxylation sites is 1. The van der Waals surface area contributed by atoms with Crippen molar-refractivity contribution in [2.45, 2.75) is 11.1 Å². The second kappa shape index (κ2) is 8.19. The number of rotatable bonds is 5. The molecule has 0 radical (unpaired) electrons. The summed E-state index contributed by atoms with van der Waals surface area (Å²) in [5, 5.41) is 2.50. The van der Waals surface area contributed by atoms with Gasteiger partial charge in [-0.1, -0.05) is 24.3 Å². The number of hydrogen-bond donors (Lipinski definition) is 1. The fourth-order valence-electron chi connectivity index (χ4n) is 2.68. The molecule has 5 nitrogen and oxygen atoms in total. The van der Waals surface area contributed by atoms with Gasteiger partial charge in [-0.15, -0.1) is 0 Å². The van der Waals surface area contributed by atoms with Gasteiger partial charge in [0.1, 0.15) is 0 Å². The van der Waals surface area contributed by atoms with Crippen LogP contribution >= 0.6 is 0 Å². The maximum Gasteiger partial charge on any atom is 0.416 e. The summed E-state index contributed by atoms with van der Waals surface area (Å²) >= 11 is 0. The number of nitrogens with one attached hydrogen (secondary N) is 1. The van der Waals surface area contributed by atoms with Gasteiger partial charge in [0.05, 0.1) is 16.1 Å². The maximum atomic E-state index is 12.9. The first-order chi connectivity index (χ1) is 14.1. The van der Waals surface area contributed by atoms with Crippen LogP contribution in [0, 0.1) is 0 Å². The highest BCUT2D eigenvalue weighted by Gasteiger charge is 2.30. The number of amides is 1. The number of carbonyl (C=O) groups excluding carboxylic acids is 1. The Hall–Kier alpha value is -3.33. The van der Waals surface area contributed by atoms with Gasteiger partial charge in [-0.3, -0.25) is 9.10 Å². The summed E-state index contributed by atoms with van der Waals surface area (Å²) in [6.07, 6.45) is -4.50. The van der Waals surface area contributed by atoms with Crippen LogP contribution in [0.1, 0.15) is 15.9 Å². The van der Waals surface area contributed by atoms with Crippen molar-refractivity contribution in [2.75, 3.05) is 16.7 Å². The lowest BCUT2D eigenvalue weighted by molar-refractivity contribution is -0.137. The highest BCUT2D eigenvalue weighted by molar-refractivity contribution is 7.92. The smallest absolute Gasteiger partial charge is 0.322 e. The van der Waals surface area contributed by atoms with Gasteiger partial charge in [0.2, 0.25) is 0 Å². The Morgan fingerprint density at radius 3 is 2.13 bits per heavy atom. The zero-order valence-electron chi connectivity index (χ0n) is 15.7. The van der Waals surface area contributed by atoms with Crippen LogP contribution in [-0.2, 0) is 16.2 Å². The van der Waals surface area contributed by atoms with Crippen LogP contribution in [0.5, 0.6) is 0 Å². The molecular weight excluding hydrogens is 417 g/mol. The summed E-state index contributed by atoms with van der Waals surface area (Å²) in [5.41, 5.74) is -0.187. The topological polar surface area (TPSA) is 66.5 Å². The van der Waals surface area contributed by atoms with E-state index in [2.05, 4.69) is 5.32 Å². The lowest BCUT2D eigenvalue weighted by Crippen LogP contribution is -2.26. The molecule has 3 rings (SSSR count). The second-order valence-corrected chi connectivity index (χ2v) is 8.33. The number of alkyl halides is 3. The van der Waals surface area contributed by atoms with Gasteiger partial charge in [0.25, 0.3) is 15.9 Å². The van der Waals surface area contributed by atoms with E-state index in [1.54, 1.807) is 30.3 Å². The second-order valence-electron chi connectivity index (χ2n) is 6.37. The number of benzene rings is 3. The molecule has 0 heterocycles. The van der Waals surface area contributed by atoms with E-state index in [1.807, 2.05) is 0 Å². The Labute approximate surface area is 171 Å². The number of nitrogens with zero attached hydrogens (tertiary/aromatic N) is 1. The van der Waals surface area contributed by atoms with E-state index in [-0.39, 0.29) is 16.1 Å². The summed E-state index contributed by atoms with van der Waals surface area (Å²) in [7, 11) is -2.47. The van der Waals surface area contributed by atoms with Crippen LogP contribution in [0.3, 0.4) is 0 Å². The van der Waals surface area contributed by atoms with Crippen LogP contribution < -0.4 is 9.62 Å². The van der Waals surface area contributed by atoms with Gasteiger partial charge in [0.15, 0.2) is 0 Å². The maximum absolute atomic E-state index is 12.9. The van der Waals surface area contributed by atoms with Crippen LogP contribution in [0.2, 0.25) is 0 Å². The predicted molar refractivity (Wildman–Crippen MR) is 108 cm³/mol. The number of carbonyl (C=O) groups is 1. The fraction of sp³-hybridized carbons (Fsp3) is 0.0952. The highest BCUT2D eigenvalue weighted by atomic mass is 32.2. The first-order valence-electron chi connectivity index (χ1n) is 8.72. The molecule has 0 saturated carbocycles. The van der Waals surface area contributed by atoms with E-state index in [0.29, 0.717) is 5.69 Å². The van der Waals surface area contributed by atoms with Crippen molar-refractivity contribution in [3.63, 3.8) is 0 Å². The number of anilines is 2.